The summed E-state index contributed by atoms with van der Waals surface area (Å²) in [7, 11) is 0.573. The van der Waals surface area contributed by atoms with Crippen LogP contribution in [0.1, 0.15) is 22.3 Å². The van der Waals surface area contributed by atoms with Gasteiger partial charge in [0.25, 0.3) is 5.91 Å². The maximum absolute atomic E-state index is 12.8. The molecule has 1 aliphatic rings. The van der Waals surface area contributed by atoms with E-state index in [4.69, 9.17) is 0 Å². The first-order chi connectivity index (χ1) is 12.9. The van der Waals surface area contributed by atoms with E-state index >= 15 is 0 Å². The number of carbonyl (C=O) groups is 1. The molecule has 3 rings (SSSR count). The van der Waals surface area contributed by atoms with E-state index in [1.807, 2.05) is 24.1 Å². The monoisotopic (exact) mass is 388 g/mol. The van der Waals surface area contributed by atoms with Gasteiger partial charge in [-0.15, -0.1) is 0 Å². The summed E-state index contributed by atoms with van der Waals surface area (Å²) in [4.78, 5) is 24.7. The van der Waals surface area contributed by atoms with Gasteiger partial charge in [0.05, 0.1) is 11.5 Å². The summed E-state index contributed by atoms with van der Waals surface area (Å²) < 4.78 is 23.4. The predicted octanol–water partition coefficient (Wildman–Crippen LogP) is 1.41. The molecule has 2 aromatic heterocycles. The van der Waals surface area contributed by atoms with Gasteiger partial charge in [-0.25, -0.2) is 13.4 Å². The highest BCUT2D eigenvalue weighted by Crippen LogP contribution is 2.20. The number of nitrogens with zero attached hydrogens (tertiary/aromatic N) is 4. The molecule has 0 bridgehead atoms. The lowest BCUT2D eigenvalue weighted by molar-refractivity contribution is 0.0747. The molecule has 8 heteroatoms. The lowest BCUT2D eigenvalue weighted by atomic mass is 10.1. The smallest absolute Gasteiger partial charge is 0.254 e. The molecular formula is C19H24N4O3S. The quantitative estimate of drug-likeness (QED) is 0.744. The molecule has 1 atom stereocenters. The summed E-state index contributed by atoms with van der Waals surface area (Å²) in [5.74, 6) is 0.721. The van der Waals surface area contributed by atoms with Crippen LogP contribution < -0.4 is 4.90 Å². The Morgan fingerprint density at radius 3 is 2.59 bits per heavy atom. The second-order valence-corrected chi connectivity index (χ2v) is 9.13. The van der Waals surface area contributed by atoms with Gasteiger partial charge in [-0.3, -0.25) is 9.78 Å². The topological polar surface area (TPSA) is 83.5 Å². The zero-order valence-electron chi connectivity index (χ0n) is 15.6. The van der Waals surface area contributed by atoms with Crippen LogP contribution in [-0.4, -0.2) is 67.4 Å². The van der Waals surface area contributed by atoms with Gasteiger partial charge in [-0.05, 0) is 42.7 Å². The number of aromatic nitrogens is 2. The van der Waals surface area contributed by atoms with Crippen LogP contribution in [0.3, 0.4) is 0 Å². The van der Waals surface area contributed by atoms with Gasteiger partial charge < -0.3 is 9.80 Å². The van der Waals surface area contributed by atoms with Gasteiger partial charge in [-0.2, -0.15) is 0 Å². The first kappa shape index (κ1) is 19.3. The number of rotatable bonds is 6. The van der Waals surface area contributed by atoms with Gasteiger partial charge in [0, 0.05) is 50.8 Å². The molecule has 1 fully saturated rings. The zero-order valence-corrected chi connectivity index (χ0v) is 16.4. The molecule has 0 aromatic carbocycles. The van der Waals surface area contributed by atoms with Crippen LogP contribution in [0.4, 0.5) is 5.82 Å². The molecule has 27 heavy (non-hydrogen) atoms. The molecule has 1 aliphatic heterocycles. The minimum absolute atomic E-state index is 0.0407. The van der Waals surface area contributed by atoms with Crippen molar-refractivity contribution in [2.45, 2.75) is 18.9 Å². The van der Waals surface area contributed by atoms with Crippen molar-refractivity contribution in [2.24, 2.45) is 0 Å². The molecule has 1 unspecified atom stereocenters. The number of anilines is 1. The van der Waals surface area contributed by atoms with Crippen molar-refractivity contribution >= 4 is 21.6 Å². The van der Waals surface area contributed by atoms with Gasteiger partial charge in [0.15, 0.2) is 9.84 Å². The molecular weight excluding hydrogens is 364 g/mol. The summed E-state index contributed by atoms with van der Waals surface area (Å²) in [6.07, 6.45) is 6.50. The Morgan fingerprint density at radius 1 is 1.19 bits per heavy atom. The number of likely N-dealkylation sites (N-methyl/N-ethyl adjacent to an activating group) is 1. The number of amides is 1. The van der Waals surface area contributed by atoms with Crippen molar-refractivity contribution in [3.05, 3.63) is 54.0 Å². The fourth-order valence-electron chi connectivity index (χ4n) is 3.17. The first-order valence-electron chi connectivity index (χ1n) is 8.89. The molecule has 0 radical (unpaired) electrons. The molecule has 144 valence electrons. The zero-order chi connectivity index (χ0) is 19.4. The Balaban J connectivity index is 1.66. The van der Waals surface area contributed by atoms with Crippen molar-refractivity contribution < 1.29 is 13.2 Å². The third kappa shape index (κ3) is 4.82. The SMILES string of the molecule is CN(CCc1ccncc1)c1cc(C(=O)N(C)C2CCS(=O)(=O)C2)ccn1. The highest BCUT2D eigenvalue weighted by atomic mass is 32.2. The van der Waals surface area contributed by atoms with Crippen molar-refractivity contribution in [1.29, 1.82) is 0 Å². The van der Waals surface area contributed by atoms with Gasteiger partial charge in [0.2, 0.25) is 0 Å². The highest BCUT2D eigenvalue weighted by molar-refractivity contribution is 7.91. The van der Waals surface area contributed by atoms with E-state index < -0.39 is 9.84 Å². The summed E-state index contributed by atoms with van der Waals surface area (Å²) in [6, 6.07) is 7.12. The van der Waals surface area contributed by atoms with Crippen LogP contribution in [0.25, 0.3) is 0 Å². The van der Waals surface area contributed by atoms with Crippen LogP contribution in [0, 0.1) is 0 Å². The number of hydrogen-bond donors (Lipinski definition) is 0. The predicted molar refractivity (Wildman–Crippen MR) is 105 cm³/mol. The number of carbonyl (C=O) groups excluding carboxylic acids is 1. The lowest BCUT2D eigenvalue weighted by Gasteiger charge is -2.24. The van der Waals surface area contributed by atoms with E-state index in [1.54, 1.807) is 42.7 Å². The van der Waals surface area contributed by atoms with Crippen LogP contribution in [0.5, 0.6) is 0 Å². The average molecular weight is 388 g/mol. The van der Waals surface area contributed by atoms with Crippen molar-refractivity contribution in [3.8, 4) is 0 Å². The second-order valence-electron chi connectivity index (χ2n) is 6.90. The fraction of sp³-hybridized carbons (Fsp3) is 0.421. The van der Waals surface area contributed by atoms with E-state index in [9.17, 15) is 13.2 Å². The van der Waals surface area contributed by atoms with Gasteiger partial charge >= 0.3 is 0 Å². The Kier molecular flexibility index (Phi) is 5.74. The molecule has 3 heterocycles. The first-order valence-corrected chi connectivity index (χ1v) is 10.7. The van der Waals surface area contributed by atoms with Crippen LogP contribution >= 0.6 is 0 Å². The summed E-state index contributed by atoms with van der Waals surface area (Å²) in [5.41, 5.74) is 1.70. The highest BCUT2D eigenvalue weighted by Gasteiger charge is 2.33. The summed E-state index contributed by atoms with van der Waals surface area (Å²) in [6.45, 7) is 0.755. The molecule has 0 N–H and O–H groups in total. The fourth-order valence-corrected chi connectivity index (χ4v) is 4.95. The minimum Gasteiger partial charge on any atom is -0.359 e. The number of sulfone groups is 1. The lowest BCUT2D eigenvalue weighted by Crippen LogP contribution is -2.38. The summed E-state index contributed by atoms with van der Waals surface area (Å²) in [5, 5.41) is 0. The van der Waals surface area contributed by atoms with E-state index in [0.717, 1.165) is 13.0 Å². The normalized spacial score (nSPS) is 18.2. The minimum atomic E-state index is -3.03. The number of hydrogen-bond acceptors (Lipinski definition) is 6. The van der Waals surface area contributed by atoms with Crippen LogP contribution in [0.2, 0.25) is 0 Å². The largest absolute Gasteiger partial charge is 0.359 e. The van der Waals surface area contributed by atoms with E-state index in [0.29, 0.717) is 17.8 Å². The number of pyridine rings is 2. The molecule has 0 aliphatic carbocycles. The van der Waals surface area contributed by atoms with Gasteiger partial charge in [0.1, 0.15) is 5.82 Å². The van der Waals surface area contributed by atoms with E-state index in [2.05, 4.69) is 9.97 Å². The van der Waals surface area contributed by atoms with Crippen molar-refractivity contribution in [2.75, 3.05) is 37.0 Å². The maximum atomic E-state index is 12.8. The van der Waals surface area contributed by atoms with Crippen LogP contribution in [-0.2, 0) is 16.3 Å². The maximum Gasteiger partial charge on any atom is 0.254 e. The molecule has 1 amide bonds. The molecule has 1 saturated heterocycles. The second kappa shape index (κ2) is 8.04. The Morgan fingerprint density at radius 2 is 1.93 bits per heavy atom. The standard InChI is InChI=1S/C19H24N4O3S/c1-22(11-6-15-3-8-20-9-4-15)18-13-16(5-10-21-18)19(24)23(2)17-7-12-27(25,26)14-17/h3-5,8-10,13,17H,6-7,11-12,14H2,1-2H3. The third-order valence-corrected chi connectivity index (χ3v) is 6.70. The van der Waals surface area contributed by atoms with E-state index in [-0.39, 0.29) is 23.5 Å². The summed E-state index contributed by atoms with van der Waals surface area (Å²) >= 11 is 0. The van der Waals surface area contributed by atoms with Crippen molar-refractivity contribution in [3.63, 3.8) is 0 Å². The molecule has 2 aromatic rings. The van der Waals surface area contributed by atoms with E-state index in [1.165, 1.54) is 5.56 Å². The molecule has 0 saturated carbocycles. The van der Waals surface area contributed by atoms with Gasteiger partial charge in [-0.1, -0.05) is 0 Å². The van der Waals surface area contributed by atoms with Crippen molar-refractivity contribution in [1.82, 2.24) is 14.9 Å². The molecule has 0 spiro atoms. The third-order valence-electron chi connectivity index (χ3n) is 4.95. The molecule has 7 nitrogen and oxygen atoms in total. The Bertz CT molecular complexity index is 902. The Hall–Kier alpha value is -2.48. The average Bonchev–Trinajstić information content (AvgIpc) is 3.05. The van der Waals surface area contributed by atoms with Crippen LogP contribution in [0.15, 0.2) is 42.9 Å². The Labute approximate surface area is 160 Å².